The molecular formula is C24H19N5O2. The first-order valence-corrected chi connectivity index (χ1v) is 9.97. The smallest absolute Gasteiger partial charge is 0.310 e. The molecule has 152 valence electrons. The van der Waals surface area contributed by atoms with E-state index in [2.05, 4.69) is 15.5 Å². The molecule has 0 amide bonds. The molecule has 0 unspecified atom stereocenters. The number of rotatable bonds is 5. The first-order chi connectivity index (χ1) is 15.2. The summed E-state index contributed by atoms with van der Waals surface area (Å²) in [6.45, 7) is 1.76. The molecule has 0 spiro atoms. The third-order valence-corrected chi connectivity index (χ3v) is 4.92. The van der Waals surface area contributed by atoms with E-state index in [-0.39, 0.29) is 5.97 Å². The first-order valence-electron chi connectivity index (χ1n) is 9.97. The highest BCUT2D eigenvalue weighted by atomic mass is 16.5. The molecule has 0 saturated heterocycles. The number of hydrogen-bond acceptors (Lipinski definition) is 6. The number of esters is 1. The topological polar surface area (TPSA) is 92.8 Å². The van der Waals surface area contributed by atoms with Crippen LogP contribution in [0.4, 0.5) is 11.5 Å². The van der Waals surface area contributed by atoms with Gasteiger partial charge in [-0.05, 0) is 42.5 Å². The Balaban J connectivity index is 1.57. The summed E-state index contributed by atoms with van der Waals surface area (Å²) in [5, 5.41) is 12.4. The van der Waals surface area contributed by atoms with E-state index in [1.807, 2.05) is 54.6 Å². The lowest BCUT2D eigenvalue weighted by atomic mass is 10.1. The average molecular weight is 409 g/mol. The molecule has 2 aromatic heterocycles. The first kappa shape index (κ1) is 18.7. The highest BCUT2D eigenvalue weighted by Crippen LogP contribution is 2.29. The number of fused-ring (bicyclic) bond motifs is 2. The van der Waals surface area contributed by atoms with Gasteiger partial charge >= 0.3 is 5.97 Å². The Labute approximate surface area is 178 Å². The van der Waals surface area contributed by atoms with Gasteiger partial charge in [0.05, 0.1) is 17.2 Å². The fraction of sp³-hybridized carbons (Fsp3) is 0.0833. The van der Waals surface area contributed by atoms with Crippen molar-refractivity contribution < 1.29 is 9.53 Å². The number of hydrogen-bond donors (Lipinski definition) is 2. The van der Waals surface area contributed by atoms with Gasteiger partial charge in [-0.1, -0.05) is 31.2 Å². The molecule has 0 aliphatic rings. The van der Waals surface area contributed by atoms with Crippen molar-refractivity contribution in [1.82, 2.24) is 20.2 Å². The number of H-pyrrole nitrogens is 1. The maximum Gasteiger partial charge on any atom is 0.310 e. The number of para-hydroxylation sites is 1. The Morgan fingerprint density at radius 3 is 2.84 bits per heavy atom. The molecule has 7 heteroatoms. The van der Waals surface area contributed by atoms with E-state index in [1.54, 1.807) is 25.3 Å². The van der Waals surface area contributed by atoms with Crippen LogP contribution in [-0.4, -0.2) is 26.1 Å². The molecule has 0 atom stereocenters. The third-order valence-electron chi connectivity index (χ3n) is 4.92. The van der Waals surface area contributed by atoms with Gasteiger partial charge in [0.2, 0.25) is 0 Å². The van der Waals surface area contributed by atoms with Crippen LogP contribution < -0.4 is 10.1 Å². The van der Waals surface area contributed by atoms with Crippen LogP contribution in [0.5, 0.6) is 5.75 Å². The number of anilines is 2. The SMILES string of the molecule is CCC(=O)Oc1cccc(-c2nc(Nc3ccc4[nH]ncc4c3)c3ccccc3n2)c1. The fourth-order valence-electron chi connectivity index (χ4n) is 3.36. The minimum atomic E-state index is -0.284. The van der Waals surface area contributed by atoms with Crippen molar-refractivity contribution in [3.8, 4) is 17.1 Å². The van der Waals surface area contributed by atoms with Gasteiger partial charge in [0.25, 0.3) is 0 Å². The summed E-state index contributed by atoms with van der Waals surface area (Å²) < 4.78 is 5.35. The van der Waals surface area contributed by atoms with Crippen molar-refractivity contribution in [2.45, 2.75) is 13.3 Å². The average Bonchev–Trinajstić information content (AvgIpc) is 3.27. The number of nitrogens with one attached hydrogen (secondary N) is 2. The summed E-state index contributed by atoms with van der Waals surface area (Å²) in [4.78, 5) is 21.2. The van der Waals surface area contributed by atoms with Crippen LogP contribution in [0, 0.1) is 0 Å². The van der Waals surface area contributed by atoms with Crippen LogP contribution in [-0.2, 0) is 4.79 Å². The fourth-order valence-corrected chi connectivity index (χ4v) is 3.36. The van der Waals surface area contributed by atoms with Gasteiger partial charge in [0.15, 0.2) is 5.82 Å². The number of benzene rings is 3. The molecule has 5 aromatic rings. The predicted molar refractivity (Wildman–Crippen MR) is 120 cm³/mol. The molecule has 2 N–H and O–H groups in total. The summed E-state index contributed by atoms with van der Waals surface area (Å²) in [6.07, 6.45) is 2.10. The lowest BCUT2D eigenvalue weighted by Gasteiger charge is -2.12. The Hall–Kier alpha value is -4.26. The second-order valence-electron chi connectivity index (χ2n) is 7.07. The molecule has 0 radical (unpaired) electrons. The normalized spacial score (nSPS) is 11.0. The molecule has 0 aliphatic carbocycles. The lowest BCUT2D eigenvalue weighted by Crippen LogP contribution is -2.05. The van der Waals surface area contributed by atoms with Gasteiger partial charge in [-0.25, -0.2) is 9.97 Å². The van der Waals surface area contributed by atoms with E-state index in [0.717, 1.165) is 33.1 Å². The molecule has 7 nitrogen and oxygen atoms in total. The van der Waals surface area contributed by atoms with Crippen LogP contribution in [0.2, 0.25) is 0 Å². The Morgan fingerprint density at radius 2 is 1.94 bits per heavy atom. The molecule has 0 aliphatic heterocycles. The quantitative estimate of drug-likeness (QED) is 0.305. The van der Waals surface area contributed by atoms with Crippen molar-refractivity contribution in [1.29, 1.82) is 0 Å². The second kappa shape index (κ2) is 7.87. The highest BCUT2D eigenvalue weighted by Gasteiger charge is 2.12. The van der Waals surface area contributed by atoms with E-state index in [4.69, 9.17) is 14.7 Å². The van der Waals surface area contributed by atoms with E-state index < -0.39 is 0 Å². The molecule has 0 bridgehead atoms. The number of carbonyl (C=O) groups is 1. The van der Waals surface area contributed by atoms with E-state index in [0.29, 0.717) is 23.8 Å². The van der Waals surface area contributed by atoms with Crippen molar-refractivity contribution >= 4 is 39.3 Å². The summed E-state index contributed by atoms with van der Waals surface area (Å²) in [5.74, 6) is 1.42. The highest BCUT2D eigenvalue weighted by molar-refractivity contribution is 5.93. The summed E-state index contributed by atoms with van der Waals surface area (Å²) >= 11 is 0. The summed E-state index contributed by atoms with van der Waals surface area (Å²) in [6, 6.07) is 21.0. The van der Waals surface area contributed by atoms with Gasteiger partial charge in [-0.15, -0.1) is 0 Å². The van der Waals surface area contributed by atoms with Crippen LogP contribution in [0.15, 0.2) is 72.9 Å². The number of carbonyl (C=O) groups excluding carboxylic acids is 1. The van der Waals surface area contributed by atoms with Crippen molar-refractivity contribution in [2.75, 3.05) is 5.32 Å². The van der Waals surface area contributed by atoms with Crippen LogP contribution in [0.25, 0.3) is 33.2 Å². The monoisotopic (exact) mass is 409 g/mol. The zero-order valence-electron chi connectivity index (χ0n) is 16.8. The number of aromatic amines is 1. The summed E-state index contributed by atoms with van der Waals surface area (Å²) in [7, 11) is 0. The lowest BCUT2D eigenvalue weighted by molar-refractivity contribution is -0.134. The minimum Gasteiger partial charge on any atom is -0.427 e. The predicted octanol–water partition coefficient (Wildman–Crippen LogP) is 5.23. The molecule has 3 aromatic carbocycles. The largest absolute Gasteiger partial charge is 0.427 e. The number of aromatic nitrogens is 4. The van der Waals surface area contributed by atoms with Gasteiger partial charge in [-0.2, -0.15) is 5.10 Å². The molecule has 31 heavy (non-hydrogen) atoms. The second-order valence-corrected chi connectivity index (χ2v) is 7.07. The Morgan fingerprint density at radius 1 is 1.03 bits per heavy atom. The van der Waals surface area contributed by atoms with Crippen molar-refractivity contribution in [3.63, 3.8) is 0 Å². The van der Waals surface area contributed by atoms with Crippen LogP contribution in [0.3, 0.4) is 0 Å². The van der Waals surface area contributed by atoms with Crippen LogP contribution in [0.1, 0.15) is 13.3 Å². The van der Waals surface area contributed by atoms with Gasteiger partial charge < -0.3 is 10.1 Å². The standard InChI is InChI=1S/C24H19N5O2/c1-2-22(30)31-18-7-5-6-15(13-18)23-27-21-9-4-3-8-19(21)24(28-23)26-17-10-11-20-16(12-17)14-25-29-20/h3-14H,2H2,1H3,(H,25,29)(H,26,27,28). The Kier molecular flexibility index (Phi) is 4.76. The van der Waals surface area contributed by atoms with Gasteiger partial charge in [0, 0.05) is 28.4 Å². The van der Waals surface area contributed by atoms with Crippen molar-refractivity contribution in [2.24, 2.45) is 0 Å². The third kappa shape index (κ3) is 3.81. The maximum absolute atomic E-state index is 11.7. The molecular weight excluding hydrogens is 390 g/mol. The Bertz CT molecular complexity index is 1410. The number of ether oxygens (including phenoxy) is 1. The summed E-state index contributed by atoms with van der Waals surface area (Å²) in [5.41, 5.74) is 3.45. The molecule has 2 heterocycles. The maximum atomic E-state index is 11.7. The zero-order chi connectivity index (χ0) is 21.2. The van der Waals surface area contributed by atoms with E-state index in [9.17, 15) is 4.79 Å². The van der Waals surface area contributed by atoms with Gasteiger partial charge in [-0.3, -0.25) is 9.89 Å². The van der Waals surface area contributed by atoms with Gasteiger partial charge in [0.1, 0.15) is 11.6 Å². The molecule has 5 rings (SSSR count). The molecule has 0 fully saturated rings. The van der Waals surface area contributed by atoms with E-state index >= 15 is 0 Å². The van der Waals surface area contributed by atoms with E-state index in [1.165, 1.54) is 0 Å². The van der Waals surface area contributed by atoms with Crippen LogP contribution >= 0.6 is 0 Å². The zero-order valence-corrected chi connectivity index (χ0v) is 16.8. The number of nitrogens with zero attached hydrogens (tertiary/aromatic N) is 3. The molecule has 0 saturated carbocycles. The van der Waals surface area contributed by atoms with Crippen molar-refractivity contribution in [3.05, 3.63) is 72.9 Å². The minimum absolute atomic E-state index is 0.284.